The van der Waals surface area contributed by atoms with Crippen molar-refractivity contribution in [3.05, 3.63) is 40.8 Å². The molecule has 6 nitrogen and oxygen atoms in total. The average Bonchev–Trinajstić information content (AvgIpc) is 3.02. The molecule has 1 aromatic carbocycles. The quantitative estimate of drug-likeness (QED) is 0.885. The van der Waals surface area contributed by atoms with Crippen molar-refractivity contribution in [1.29, 1.82) is 0 Å². The summed E-state index contributed by atoms with van der Waals surface area (Å²) >= 11 is 1.28. The van der Waals surface area contributed by atoms with Gasteiger partial charge in [0.1, 0.15) is 17.6 Å². The number of thiazole rings is 1. The molecule has 0 radical (unpaired) electrons. The minimum Gasteiger partial charge on any atom is -0.480 e. The van der Waals surface area contributed by atoms with Gasteiger partial charge in [0, 0.05) is 13.7 Å². The Labute approximate surface area is 154 Å². The van der Waals surface area contributed by atoms with Crippen molar-refractivity contribution in [3.8, 4) is 10.4 Å². The molecule has 0 bridgehead atoms. The third-order valence-electron chi connectivity index (χ3n) is 4.44. The molecule has 2 unspecified atom stereocenters. The fourth-order valence-corrected chi connectivity index (χ4v) is 4.05. The maximum atomic E-state index is 13.6. The van der Waals surface area contributed by atoms with Crippen LogP contribution in [0.4, 0.5) is 4.39 Å². The first-order valence-corrected chi connectivity index (χ1v) is 9.02. The summed E-state index contributed by atoms with van der Waals surface area (Å²) in [6.07, 6.45) is 0.675. The van der Waals surface area contributed by atoms with Gasteiger partial charge in [-0.1, -0.05) is 12.1 Å². The molecule has 0 aliphatic carbocycles. The summed E-state index contributed by atoms with van der Waals surface area (Å²) < 4.78 is 18.9. The zero-order valence-corrected chi connectivity index (χ0v) is 15.3. The molecule has 1 N–H and O–H groups in total. The zero-order valence-electron chi connectivity index (χ0n) is 14.4. The van der Waals surface area contributed by atoms with E-state index in [1.165, 1.54) is 28.4 Å². The number of hydrogen-bond donors (Lipinski definition) is 1. The molecule has 1 aliphatic rings. The molecule has 2 aromatic rings. The fourth-order valence-electron chi connectivity index (χ4n) is 3.14. The molecular weight excluding hydrogens is 359 g/mol. The van der Waals surface area contributed by atoms with Crippen LogP contribution in [0.2, 0.25) is 0 Å². The highest BCUT2D eigenvalue weighted by Gasteiger charge is 2.38. The van der Waals surface area contributed by atoms with Gasteiger partial charge in [-0.15, -0.1) is 11.3 Å². The van der Waals surface area contributed by atoms with Gasteiger partial charge in [-0.3, -0.25) is 4.79 Å². The van der Waals surface area contributed by atoms with Crippen LogP contribution in [0.15, 0.2) is 24.3 Å². The Bertz CT molecular complexity index is 838. The number of hydrogen-bond acceptors (Lipinski definition) is 5. The second-order valence-corrected chi connectivity index (χ2v) is 7.37. The van der Waals surface area contributed by atoms with E-state index in [-0.39, 0.29) is 18.3 Å². The monoisotopic (exact) mass is 378 g/mol. The van der Waals surface area contributed by atoms with Crippen LogP contribution in [0.1, 0.15) is 28.3 Å². The Morgan fingerprint density at radius 2 is 2.15 bits per heavy atom. The number of carbonyl (C=O) groups excluding carboxylic acids is 1. The van der Waals surface area contributed by atoms with Gasteiger partial charge >= 0.3 is 5.97 Å². The molecule has 26 heavy (non-hydrogen) atoms. The SMILES string of the molecule is COC1CCC(C(=O)O)N(C(=O)c2nc(C)sc2-c2cccc(F)c2)C1. The van der Waals surface area contributed by atoms with Gasteiger partial charge in [0.25, 0.3) is 5.91 Å². The van der Waals surface area contributed by atoms with E-state index in [2.05, 4.69) is 4.98 Å². The van der Waals surface area contributed by atoms with Crippen LogP contribution in [-0.2, 0) is 9.53 Å². The molecule has 3 rings (SSSR count). The number of benzene rings is 1. The van der Waals surface area contributed by atoms with E-state index in [9.17, 15) is 19.1 Å². The second-order valence-electron chi connectivity index (χ2n) is 6.17. The lowest BCUT2D eigenvalue weighted by Crippen LogP contribution is -2.52. The minimum atomic E-state index is -1.05. The number of piperidine rings is 1. The lowest BCUT2D eigenvalue weighted by Gasteiger charge is -2.36. The summed E-state index contributed by atoms with van der Waals surface area (Å²) in [4.78, 5) is 30.9. The van der Waals surface area contributed by atoms with E-state index in [4.69, 9.17) is 4.74 Å². The number of amides is 1. The van der Waals surface area contributed by atoms with Crippen LogP contribution in [-0.4, -0.2) is 52.7 Å². The second kappa shape index (κ2) is 7.51. The van der Waals surface area contributed by atoms with Gasteiger partial charge < -0.3 is 14.7 Å². The fraction of sp³-hybridized carbons (Fsp3) is 0.389. The summed E-state index contributed by atoms with van der Waals surface area (Å²) in [5, 5.41) is 10.1. The number of likely N-dealkylation sites (tertiary alicyclic amines) is 1. The number of rotatable bonds is 4. The maximum absolute atomic E-state index is 13.6. The van der Waals surface area contributed by atoms with E-state index in [1.807, 2.05) is 0 Å². The van der Waals surface area contributed by atoms with Gasteiger partial charge in [0.2, 0.25) is 0 Å². The number of carboxylic acids is 1. The first kappa shape index (κ1) is 18.5. The van der Waals surface area contributed by atoms with E-state index in [1.54, 1.807) is 26.2 Å². The molecule has 1 aromatic heterocycles. The summed E-state index contributed by atoms with van der Waals surface area (Å²) in [5.41, 5.74) is 0.701. The summed E-state index contributed by atoms with van der Waals surface area (Å²) in [6.45, 7) is 1.94. The number of carbonyl (C=O) groups is 2. The average molecular weight is 378 g/mol. The summed E-state index contributed by atoms with van der Waals surface area (Å²) in [5.74, 6) is -1.93. The Morgan fingerprint density at radius 3 is 2.81 bits per heavy atom. The van der Waals surface area contributed by atoms with Crippen LogP contribution >= 0.6 is 11.3 Å². The number of halogens is 1. The topological polar surface area (TPSA) is 79.7 Å². The molecule has 2 heterocycles. The number of ether oxygens (including phenoxy) is 1. The Hall–Kier alpha value is -2.32. The number of aromatic nitrogens is 1. The predicted octanol–water partition coefficient (Wildman–Crippen LogP) is 2.96. The van der Waals surface area contributed by atoms with E-state index < -0.39 is 23.7 Å². The highest BCUT2D eigenvalue weighted by Crippen LogP contribution is 2.33. The van der Waals surface area contributed by atoms with Crippen LogP contribution in [0, 0.1) is 12.7 Å². The Balaban J connectivity index is 1.99. The smallest absolute Gasteiger partial charge is 0.326 e. The molecular formula is C18H19FN2O4S. The van der Waals surface area contributed by atoms with Gasteiger partial charge in [-0.2, -0.15) is 0 Å². The van der Waals surface area contributed by atoms with Crippen LogP contribution in [0.3, 0.4) is 0 Å². The lowest BCUT2D eigenvalue weighted by atomic mass is 9.99. The van der Waals surface area contributed by atoms with Gasteiger partial charge in [0.15, 0.2) is 0 Å². The van der Waals surface area contributed by atoms with E-state index >= 15 is 0 Å². The van der Waals surface area contributed by atoms with Crippen LogP contribution < -0.4 is 0 Å². The Kier molecular flexibility index (Phi) is 5.33. The zero-order chi connectivity index (χ0) is 18.8. The molecule has 1 saturated heterocycles. The number of carboxylic acid groups (broad SMARTS) is 1. The first-order valence-electron chi connectivity index (χ1n) is 8.20. The first-order chi connectivity index (χ1) is 12.4. The number of aryl methyl sites for hydroxylation is 1. The van der Waals surface area contributed by atoms with Crippen molar-refractivity contribution in [2.75, 3.05) is 13.7 Å². The highest BCUT2D eigenvalue weighted by molar-refractivity contribution is 7.15. The molecule has 1 amide bonds. The number of methoxy groups -OCH3 is 1. The molecule has 0 saturated carbocycles. The van der Waals surface area contributed by atoms with Gasteiger partial charge in [-0.25, -0.2) is 14.2 Å². The third kappa shape index (κ3) is 3.61. The van der Waals surface area contributed by atoms with E-state index in [0.29, 0.717) is 28.3 Å². The summed E-state index contributed by atoms with van der Waals surface area (Å²) in [7, 11) is 1.54. The molecule has 138 valence electrons. The maximum Gasteiger partial charge on any atom is 0.326 e. The molecule has 8 heteroatoms. The van der Waals surface area contributed by atoms with Crippen molar-refractivity contribution < 1.29 is 23.8 Å². The molecule has 1 fully saturated rings. The third-order valence-corrected chi connectivity index (χ3v) is 5.46. The van der Waals surface area contributed by atoms with Crippen molar-refractivity contribution >= 4 is 23.2 Å². The van der Waals surface area contributed by atoms with Gasteiger partial charge in [0.05, 0.1) is 16.0 Å². The summed E-state index contributed by atoms with van der Waals surface area (Å²) in [6, 6.07) is 5.02. The molecule has 0 spiro atoms. The standard InChI is InChI=1S/C18H19FN2O4S/c1-10-20-15(16(26-10)11-4-3-5-12(19)8-11)17(22)21-9-13(25-2)6-7-14(21)18(23)24/h3-5,8,13-14H,6-7,9H2,1-2H3,(H,23,24). The van der Waals surface area contributed by atoms with E-state index in [0.717, 1.165) is 0 Å². The minimum absolute atomic E-state index is 0.154. The highest BCUT2D eigenvalue weighted by atomic mass is 32.1. The van der Waals surface area contributed by atoms with Crippen LogP contribution in [0.25, 0.3) is 10.4 Å². The van der Waals surface area contributed by atoms with Crippen LogP contribution in [0.5, 0.6) is 0 Å². The lowest BCUT2D eigenvalue weighted by molar-refractivity contribution is -0.144. The largest absolute Gasteiger partial charge is 0.480 e. The normalized spacial score (nSPS) is 20.2. The van der Waals surface area contributed by atoms with Crippen molar-refractivity contribution in [1.82, 2.24) is 9.88 Å². The number of nitrogens with zero attached hydrogens (tertiary/aromatic N) is 2. The number of aliphatic carboxylic acids is 1. The Morgan fingerprint density at radius 1 is 1.38 bits per heavy atom. The van der Waals surface area contributed by atoms with Crippen molar-refractivity contribution in [3.63, 3.8) is 0 Å². The molecule has 1 aliphatic heterocycles. The van der Waals surface area contributed by atoms with Gasteiger partial charge in [-0.05, 0) is 37.5 Å². The van der Waals surface area contributed by atoms with Crippen molar-refractivity contribution in [2.24, 2.45) is 0 Å². The van der Waals surface area contributed by atoms with Crippen molar-refractivity contribution in [2.45, 2.75) is 31.9 Å². The molecule has 2 atom stereocenters. The predicted molar refractivity (Wildman–Crippen MR) is 94.7 cm³/mol.